The number of pyridine rings is 1. The van der Waals surface area contributed by atoms with Crippen molar-refractivity contribution in [2.45, 2.75) is 20.4 Å². The molecule has 1 heterocycles. The number of aryl methyl sites for hydroxylation is 1. The molecule has 0 aliphatic heterocycles. The lowest BCUT2D eigenvalue weighted by Gasteiger charge is -2.24. The van der Waals surface area contributed by atoms with Crippen LogP contribution in [0.15, 0.2) is 42.6 Å². The monoisotopic (exact) mass is 268 g/mol. The number of nitrogen functional groups attached to an aromatic ring is 1. The van der Waals surface area contributed by atoms with Crippen LogP contribution in [0.1, 0.15) is 23.7 Å². The van der Waals surface area contributed by atoms with Gasteiger partial charge in [-0.3, -0.25) is 10.4 Å². The minimum atomic E-state index is 0.0144. The highest BCUT2D eigenvalue weighted by Gasteiger charge is 2.11. The molecule has 0 radical (unpaired) electrons. The fourth-order valence-electron chi connectivity index (χ4n) is 2.16. The Kier molecular flexibility index (Phi) is 4.35. The number of hydrogen-bond acceptors (Lipinski definition) is 3. The Morgan fingerprint density at radius 2 is 1.95 bits per heavy atom. The minimum Gasteiger partial charge on any atom is -0.382 e. The van der Waals surface area contributed by atoms with E-state index >= 15 is 0 Å². The van der Waals surface area contributed by atoms with Gasteiger partial charge in [0.25, 0.3) is 0 Å². The van der Waals surface area contributed by atoms with Gasteiger partial charge in [0.2, 0.25) is 0 Å². The smallest absolute Gasteiger partial charge is 0.142 e. The van der Waals surface area contributed by atoms with Crippen molar-refractivity contribution in [2.24, 2.45) is 5.73 Å². The second-order valence-corrected chi connectivity index (χ2v) is 4.77. The van der Waals surface area contributed by atoms with Crippen LogP contribution < -0.4 is 10.6 Å². The third kappa shape index (κ3) is 3.15. The van der Waals surface area contributed by atoms with E-state index in [1.54, 1.807) is 6.20 Å². The first kappa shape index (κ1) is 14.1. The molecular weight excluding hydrogens is 248 g/mol. The molecule has 0 saturated heterocycles. The van der Waals surface area contributed by atoms with Crippen molar-refractivity contribution in [3.63, 3.8) is 0 Å². The summed E-state index contributed by atoms with van der Waals surface area (Å²) >= 11 is 0. The number of benzene rings is 1. The Labute approximate surface area is 119 Å². The first-order valence-electron chi connectivity index (χ1n) is 6.71. The molecule has 4 nitrogen and oxygen atoms in total. The van der Waals surface area contributed by atoms with Crippen LogP contribution in [0.5, 0.6) is 0 Å². The molecule has 4 heteroatoms. The second kappa shape index (κ2) is 6.19. The molecule has 0 amide bonds. The molecule has 3 N–H and O–H groups in total. The van der Waals surface area contributed by atoms with Crippen LogP contribution in [-0.2, 0) is 6.54 Å². The number of nitrogens with one attached hydrogen (secondary N) is 1. The lowest BCUT2D eigenvalue weighted by molar-refractivity contribution is 0.825. The summed E-state index contributed by atoms with van der Waals surface area (Å²) in [5.41, 5.74) is 9.54. The van der Waals surface area contributed by atoms with E-state index < -0.39 is 0 Å². The molecule has 0 aliphatic carbocycles. The summed E-state index contributed by atoms with van der Waals surface area (Å²) in [7, 11) is 0. The fourth-order valence-corrected chi connectivity index (χ4v) is 2.16. The SMILES string of the molecule is CCN(Cc1cccnc1C(=N)N)c1ccc(C)cc1. The normalized spacial score (nSPS) is 10.3. The molecule has 2 rings (SSSR count). The summed E-state index contributed by atoms with van der Waals surface area (Å²) in [5, 5.41) is 7.61. The van der Waals surface area contributed by atoms with Gasteiger partial charge in [-0.2, -0.15) is 0 Å². The fraction of sp³-hybridized carbons (Fsp3) is 0.250. The predicted octanol–water partition coefficient (Wildman–Crippen LogP) is 2.70. The number of anilines is 1. The van der Waals surface area contributed by atoms with Crippen molar-refractivity contribution in [1.82, 2.24) is 4.98 Å². The van der Waals surface area contributed by atoms with Crippen molar-refractivity contribution in [1.29, 1.82) is 5.41 Å². The van der Waals surface area contributed by atoms with Gasteiger partial charge >= 0.3 is 0 Å². The lowest BCUT2D eigenvalue weighted by Crippen LogP contribution is -2.25. The number of rotatable bonds is 5. The van der Waals surface area contributed by atoms with E-state index in [9.17, 15) is 0 Å². The third-order valence-corrected chi connectivity index (χ3v) is 3.29. The van der Waals surface area contributed by atoms with Gasteiger partial charge in [-0.1, -0.05) is 23.8 Å². The van der Waals surface area contributed by atoms with E-state index in [0.717, 1.165) is 17.8 Å². The lowest BCUT2D eigenvalue weighted by atomic mass is 10.1. The summed E-state index contributed by atoms with van der Waals surface area (Å²) < 4.78 is 0. The van der Waals surface area contributed by atoms with Crippen LogP contribution in [0.4, 0.5) is 5.69 Å². The topological polar surface area (TPSA) is 66.0 Å². The van der Waals surface area contributed by atoms with E-state index in [-0.39, 0.29) is 5.84 Å². The molecule has 20 heavy (non-hydrogen) atoms. The van der Waals surface area contributed by atoms with Crippen molar-refractivity contribution >= 4 is 11.5 Å². The Hall–Kier alpha value is -2.36. The van der Waals surface area contributed by atoms with Gasteiger partial charge in [0, 0.05) is 30.5 Å². The molecule has 0 atom stereocenters. The number of nitrogens with two attached hydrogens (primary N) is 1. The second-order valence-electron chi connectivity index (χ2n) is 4.77. The Morgan fingerprint density at radius 1 is 1.25 bits per heavy atom. The molecule has 0 spiro atoms. The summed E-state index contributed by atoms with van der Waals surface area (Å²) in [6, 6.07) is 12.3. The zero-order valence-corrected chi connectivity index (χ0v) is 11.9. The molecule has 0 fully saturated rings. The largest absolute Gasteiger partial charge is 0.382 e. The van der Waals surface area contributed by atoms with Gasteiger partial charge in [0.15, 0.2) is 0 Å². The maximum absolute atomic E-state index is 7.61. The van der Waals surface area contributed by atoms with Crippen LogP contribution >= 0.6 is 0 Å². The van der Waals surface area contributed by atoms with E-state index in [1.165, 1.54) is 5.56 Å². The quantitative estimate of drug-likeness (QED) is 0.647. The first-order chi connectivity index (χ1) is 9.61. The number of nitrogens with zero attached hydrogens (tertiary/aromatic N) is 2. The van der Waals surface area contributed by atoms with Crippen LogP contribution in [0.2, 0.25) is 0 Å². The standard InChI is InChI=1S/C16H20N4/c1-3-20(14-8-6-12(2)7-9-14)11-13-5-4-10-19-15(13)16(17)18/h4-10H,3,11H2,1-2H3,(H3,17,18). The summed E-state index contributed by atoms with van der Waals surface area (Å²) in [6.45, 7) is 5.77. The minimum absolute atomic E-state index is 0.0144. The Morgan fingerprint density at radius 3 is 2.55 bits per heavy atom. The number of amidine groups is 1. The molecule has 104 valence electrons. The third-order valence-electron chi connectivity index (χ3n) is 3.29. The average molecular weight is 268 g/mol. The van der Waals surface area contributed by atoms with Crippen molar-refractivity contribution in [3.8, 4) is 0 Å². The van der Waals surface area contributed by atoms with Gasteiger partial charge in [-0.25, -0.2) is 0 Å². The number of hydrogen-bond donors (Lipinski definition) is 2. The van der Waals surface area contributed by atoms with Crippen LogP contribution in [0.25, 0.3) is 0 Å². The van der Waals surface area contributed by atoms with Crippen molar-refractivity contribution < 1.29 is 0 Å². The molecule has 0 saturated carbocycles. The van der Waals surface area contributed by atoms with Crippen LogP contribution in [-0.4, -0.2) is 17.4 Å². The average Bonchev–Trinajstić information content (AvgIpc) is 2.46. The molecule has 2 aromatic rings. The van der Waals surface area contributed by atoms with Gasteiger partial charge < -0.3 is 10.6 Å². The predicted molar refractivity (Wildman–Crippen MR) is 83.2 cm³/mol. The Balaban J connectivity index is 2.27. The molecule has 1 aromatic carbocycles. The van der Waals surface area contributed by atoms with E-state index in [2.05, 4.69) is 48.0 Å². The number of aromatic nitrogens is 1. The summed E-state index contributed by atoms with van der Waals surface area (Å²) in [4.78, 5) is 6.44. The summed E-state index contributed by atoms with van der Waals surface area (Å²) in [5.74, 6) is 0.0144. The molecule has 0 unspecified atom stereocenters. The maximum Gasteiger partial charge on any atom is 0.142 e. The van der Waals surface area contributed by atoms with Crippen molar-refractivity contribution in [2.75, 3.05) is 11.4 Å². The molecule has 0 aliphatic rings. The zero-order chi connectivity index (χ0) is 14.5. The van der Waals surface area contributed by atoms with Crippen molar-refractivity contribution in [3.05, 3.63) is 59.4 Å². The van der Waals surface area contributed by atoms with E-state index in [4.69, 9.17) is 11.1 Å². The van der Waals surface area contributed by atoms with Gasteiger partial charge in [-0.15, -0.1) is 0 Å². The molecular formula is C16H20N4. The first-order valence-corrected chi connectivity index (χ1v) is 6.71. The van der Waals surface area contributed by atoms with E-state index in [0.29, 0.717) is 12.2 Å². The zero-order valence-electron chi connectivity index (χ0n) is 11.9. The highest BCUT2D eigenvalue weighted by Crippen LogP contribution is 2.18. The summed E-state index contributed by atoms with van der Waals surface area (Å²) in [6.07, 6.45) is 1.67. The molecule has 1 aromatic heterocycles. The highest BCUT2D eigenvalue weighted by molar-refractivity contribution is 5.94. The van der Waals surface area contributed by atoms with Gasteiger partial charge in [0.1, 0.15) is 11.5 Å². The van der Waals surface area contributed by atoms with E-state index in [1.807, 2.05) is 12.1 Å². The maximum atomic E-state index is 7.61. The van der Waals surface area contributed by atoms with Gasteiger partial charge in [-0.05, 0) is 32.0 Å². The Bertz CT molecular complexity index is 590. The van der Waals surface area contributed by atoms with Gasteiger partial charge in [0.05, 0.1) is 0 Å². The van der Waals surface area contributed by atoms with Crippen LogP contribution in [0.3, 0.4) is 0 Å². The van der Waals surface area contributed by atoms with Crippen LogP contribution in [0, 0.1) is 12.3 Å². The highest BCUT2D eigenvalue weighted by atomic mass is 15.1. The molecule has 0 bridgehead atoms.